The van der Waals surface area contributed by atoms with Gasteiger partial charge in [-0.1, -0.05) is 30.3 Å². The van der Waals surface area contributed by atoms with Gasteiger partial charge < -0.3 is 59.7 Å². The molecule has 1 aromatic carbocycles. The number of benzene rings is 1. The Kier molecular flexibility index (Phi) is 16.6. The number of amides is 6. The zero-order chi connectivity index (χ0) is 37.5. The average Bonchev–Trinajstić information content (AvgIpc) is 2.99. The van der Waals surface area contributed by atoms with E-state index in [0.717, 1.165) is 0 Å². The fourth-order valence-corrected chi connectivity index (χ4v) is 4.25. The van der Waals surface area contributed by atoms with E-state index < -0.39 is 89.7 Å². The Balaban J connectivity index is 3.01. The second-order valence-corrected chi connectivity index (χ2v) is 11.9. The second-order valence-electron chi connectivity index (χ2n) is 11.9. The van der Waals surface area contributed by atoms with E-state index in [2.05, 4.69) is 31.6 Å². The van der Waals surface area contributed by atoms with Crippen LogP contribution in [0.5, 0.6) is 0 Å². The summed E-state index contributed by atoms with van der Waals surface area (Å²) in [6, 6.07) is 1.83. The minimum Gasteiger partial charge on any atom is -0.480 e. The van der Waals surface area contributed by atoms with Crippen LogP contribution >= 0.6 is 0 Å². The first-order valence-corrected chi connectivity index (χ1v) is 15.3. The number of guanidine groups is 1. The summed E-state index contributed by atoms with van der Waals surface area (Å²) in [6.07, 6.45) is -1.73. The maximum absolute atomic E-state index is 13.3. The molecule has 15 N–H and O–H groups in total. The van der Waals surface area contributed by atoms with Gasteiger partial charge in [-0.05, 0) is 46.1 Å². The number of primary amides is 1. The smallest absolute Gasteiger partial charge is 0.326 e. The number of aliphatic hydroxyl groups is 1. The summed E-state index contributed by atoms with van der Waals surface area (Å²) >= 11 is 0. The van der Waals surface area contributed by atoms with Crippen LogP contribution in [0, 0.1) is 0 Å². The Morgan fingerprint density at radius 1 is 0.837 bits per heavy atom. The van der Waals surface area contributed by atoms with Crippen molar-refractivity contribution in [2.45, 2.75) is 95.2 Å². The molecule has 6 atom stereocenters. The van der Waals surface area contributed by atoms with Crippen molar-refractivity contribution >= 4 is 47.4 Å². The molecule has 0 radical (unpaired) electrons. The van der Waals surface area contributed by atoms with Crippen LogP contribution in [-0.4, -0.2) is 106 Å². The summed E-state index contributed by atoms with van der Waals surface area (Å²) in [5, 5.41) is 31.8. The standard InChI is InChI=1S/C30H48N10O9/c1-15(36-28(49)30(3,4)40-26(46)22(16(2)41)39-24(44)18(31)14-21(32)42)23(43)38-20(13-17-9-6-5-7-10-17)25(45)37-19(27(47)48)11-8-12-35-29(33)34/h5-7,9-10,15-16,18-20,22,41H,8,11-14,31H2,1-4H3,(H2,32,42)(H,36,49)(H,37,45)(H,38,43)(H,39,44)(H,40,46)(H,47,48)(H4,33,34,35)/t15-,16+,18-,19-,20-,22-/m0/s1. The van der Waals surface area contributed by atoms with Crippen molar-refractivity contribution in [3.8, 4) is 0 Å². The number of nitrogens with two attached hydrogens (primary N) is 4. The van der Waals surface area contributed by atoms with Gasteiger partial charge in [0.05, 0.1) is 18.6 Å². The third-order valence-electron chi connectivity index (χ3n) is 7.04. The van der Waals surface area contributed by atoms with Gasteiger partial charge in [0.15, 0.2) is 5.96 Å². The van der Waals surface area contributed by atoms with Gasteiger partial charge in [0.25, 0.3) is 0 Å². The number of hydrogen-bond acceptors (Lipinski definition) is 10. The monoisotopic (exact) mass is 692 g/mol. The van der Waals surface area contributed by atoms with Crippen LogP contribution in [0.15, 0.2) is 35.3 Å². The van der Waals surface area contributed by atoms with Gasteiger partial charge in [0.1, 0.15) is 29.7 Å². The Morgan fingerprint density at radius 3 is 1.96 bits per heavy atom. The normalized spacial score (nSPS) is 14.7. The molecule has 0 aliphatic carbocycles. The van der Waals surface area contributed by atoms with Crippen molar-refractivity contribution in [3.05, 3.63) is 35.9 Å². The summed E-state index contributed by atoms with van der Waals surface area (Å²) in [6.45, 7) is 5.27. The number of carbonyl (C=O) groups excluding carboxylic acids is 6. The number of aliphatic carboxylic acids is 1. The molecule has 0 saturated carbocycles. The molecule has 0 heterocycles. The largest absolute Gasteiger partial charge is 0.480 e. The number of nitrogens with zero attached hydrogens (tertiary/aromatic N) is 1. The van der Waals surface area contributed by atoms with Crippen LogP contribution in [-0.2, 0) is 40.0 Å². The van der Waals surface area contributed by atoms with Crippen molar-refractivity contribution in [3.63, 3.8) is 0 Å². The van der Waals surface area contributed by atoms with Crippen LogP contribution in [0.4, 0.5) is 0 Å². The third kappa shape index (κ3) is 15.0. The SMILES string of the molecule is C[C@H](NC(=O)C(C)(C)NC(=O)[C@@H](NC(=O)[C@@H](N)CC(N)=O)[C@@H](C)O)C(=O)N[C@@H](Cc1ccccc1)C(=O)N[C@@H](CCCN=C(N)N)C(=O)O. The summed E-state index contributed by atoms with van der Waals surface area (Å²) in [5.74, 6) is -6.68. The van der Waals surface area contributed by atoms with E-state index in [1.165, 1.54) is 27.7 Å². The molecular formula is C30H48N10O9. The van der Waals surface area contributed by atoms with Crippen LogP contribution in [0.25, 0.3) is 0 Å². The van der Waals surface area contributed by atoms with E-state index in [9.17, 15) is 43.8 Å². The highest BCUT2D eigenvalue weighted by Crippen LogP contribution is 2.09. The highest BCUT2D eigenvalue weighted by molar-refractivity contribution is 5.98. The van der Waals surface area contributed by atoms with Crippen molar-refractivity contribution in [1.29, 1.82) is 0 Å². The lowest BCUT2D eigenvalue weighted by molar-refractivity contribution is -0.142. The first-order valence-electron chi connectivity index (χ1n) is 15.3. The predicted octanol–water partition coefficient (Wildman–Crippen LogP) is -4.20. The molecule has 0 spiro atoms. The minimum atomic E-state index is -1.70. The van der Waals surface area contributed by atoms with Gasteiger partial charge in [-0.2, -0.15) is 0 Å². The summed E-state index contributed by atoms with van der Waals surface area (Å²) < 4.78 is 0. The van der Waals surface area contributed by atoms with Gasteiger partial charge in [0.2, 0.25) is 35.4 Å². The lowest BCUT2D eigenvalue weighted by Gasteiger charge is -2.30. The van der Waals surface area contributed by atoms with Crippen molar-refractivity contribution in [1.82, 2.24) is 26.6 Å². The lowest BCUT2D eigenvalue weighted by Crippen LogP contribution is -2.64. The molecule has 0 aliphatic rings. The van der Waals surface area contributed by atoms with Gasteiger partial charge in [-0.15, -0.1) is 0 Å². The molecule has 0 bridgehead atoms. The Morgan fingerprint density at radius 2 is 1.43 bits per heavy atom. The number of aliphatic hydroxyl groups excluding tert-OH is 1. The molecule has 0 unspecified atom stereocenters. The number of aliphatic imine (C=N–C) groups is 1. The van der Waals surface area contributed by atoms with E-state index in [-0.39, 0.29) is 31.8 Å². The van der Waals surface area contributed by atoms with Gasteiger partial charge in [-0.3, -0.25) is 33.8 Å². The zero-order valence-electron chi connectivity index (χ0n) is 27.9. The number of carboxylic acids is 1. The molecule has 1 aromatic rings. The highest BCUT2D eigenvalue weighted by atomic mass is 16.4. The zero-order valence-corrected chi connectivity index (χ0v) is 27.9. The number of carbonyl (C=O) groups is 7. The van der Waals surface area contributed by atoms with Gasteiger partial charge >= 0.3 is 5.97 Å². The molecule has 49 heavy (non-hydrogen) atoms. The minimum absolute atomic E-state index is 0.00308. The van der Waals surface area contributed by atoms with Crippen LogP contribution in [0.3, 0.4) is 0 Å². The predicted molar refractivity (Wildman–Crippen MR) is 177 cm³/mol. The maximum Gasteiger partial charge on any atom is 0.326 e. The Hall–Kier alpha value is -5.30. The van der Waals surface area contributed by atoms with Crippen molar-refractivity contribution < 1.29 is 43.8 Å². The first kappa shape index (κ1) is 41.7. The highest BCUT2D eigenvalue weighted by Gasteiger charge is 2.37. The molecule has 0 aromatic heterocycles. The lowest BCUT2D eigenvalue weighted by atomic mass is 10.0. The summed E-state index contributed by atoms with van der Waals surface area (Å²) in [5.41, 5.74) is 20.2. The molecule has 272 valence electrons. The second kappa shape index (κ2) is 19.5. The fourth-order valence-electron chi connectivity index (χ4n) is 4.25. The Labute approximate surface area is 283 Å². The van der Waals surface area contributed by atoms with Crippen molar-refractivity contribution in [2.24, 2.45) is 27.9 Å². The fraction of sp³-hybridized carbons (Fsp3) is 0.533. The van der Waals surface area contributed by atoms with E-state index in [0.29, 0.717) is 5.56 Å². The molecule has 1 rings (SSSR count). The van der Waals surface area contributed by atoms with Crippen LogP contribution < -0.4 is 49.5 Å². The van der Waals surface area contributed by atoms with Crippen LogP contribution in [0.2, 0.25) is 0 Å². The summed E-state index contributed by atoms with van der Waals surface area (Å²) in [7, 11) is 0. The van der Waals surface area contributed by atoms with Gasteiger partial charge in [-0.25, -0.2) is 4.79 Å². The molecular weight excluding hydrogens is 644 g/mol. The molecule has 0 fully saturated rings. The molecule has 0 aliphatic heterocycles. The van der Waals surface area contributed by atoms with E-state index in [1.54, 1.807) is 30.3 Å². The quantitative estimate of drug-likeness (QED) is 0.0352. The molecule has 0 saturated heterocycles. The first-order chi connectivity index (χ1) is 22.7. The molecule has 19 heteroatoms. The summed E-state index contributed by atoms with van der Waals surface area (Å²) in [4.78, 5) is 91.6. The molecule has 6 amide bonds. The number of carboxylic acid groups (broad SMARTS) is 1. The molecule has 19 nitrogen and oxygen atoms in total. The van der Waals surface area contributed by atoms with E-state index in [4.69, 9.17) is 22.9 Å². The number of hydrogen-bond donors (Lipinski definition) is 11. The number of rotatable bonds is 20. The van der Waals surface area contributed by atoms with Gasteiger partial charge in [0, 0.05) is 13.0 Å². The van der Waals surface area contributed by atoms with Crippen LogP contribution in [0.1, 0.15) is 52.5 Å². The number of nitrogens with one attached hydrogen (secondary N) is 5. The van der Waals surface area contributed by atoms with E-state index >= 15 is 0 Å². The van der Waals surface area contributed by atoms with Crippen molar-refractivity contribution in [2.75, 3.05) is 6.54 Å². The Bertz CT molecular complexity index is 1370. The topological polar surface area (TPSA) is 337 Å². The average molecular weight is 693 g/mol. The third-order valence-corrected chi connectivity index (χ3v) is 7.04. The maximum atomic E-state index is 13.3. The van der Waals surface area contributed by atoms with E-state index in [1.807, 2.05) is 0 Å².